The van der Waals surface area contributed by atoms with E-state index in [1.807, 2.05) is 0 Å². The number of ether oxygens (including phenoxy) is 1. The topological polar surface area (TPSA) is 89.6 Å². The van der Waals surface area contributed by atoms with E-state index in [2.05, 4.69) is 20.7 Å². The number of carboxylic acids is 1. The van der Waals surface area contributed by atoms with E-state index in [-0.39, 0.29) is 5.56 Å². The number of halogens is 1. The number of anilines is 1. The maximum Gasteiger partial charge on any atom is 0.341 e. The minimum atomic E-state index is -1.20. The van der Waals surface area contributed by atoms with Gasteiger partial charge in [-0.2, -0.15) is 0 Å². The molecule has 0 fully saturated rings. The van der Waals surface area contributed by atoms with Crippen LogP contribution in [0.1, 0.15) is 10.4 Å². The van der Waals surface area contributed by atoms with E-state index < -0.39 is 18.5 Å². The summed E-state index contributed by atoms with van der Waals surface area (Å²) >= 11 is 3.16. The van der Waals surface area contributed by atoms with Crippen molar-refractivity contribution in [3.8, 4) is 0 Å². The molecule has 15 heavy (non-hydrogen) atoms. The molecule has 0 bridgehead atoms. The van der Waals surface area contributed by atoms with Gasteiger partial charge in [0.05, 0.1) is 5.56 Å². The Morgan fingerprint density at radius 3 is 2.60 bits per heavy atom. The molecule has 0 aromatic heterocycles. The first kappa shape index (κ1) is 11.5. The van der Waals surface area contributed by atoms with Crippen molar-refractivity contribution < 1.29 is 19.4 Å². The molecule has 5 nitrogen and oxygen atoms in total. The number of esters is 1. The van der Waals surface area contributed by atoms with Crippen LogP contribution in [0, 0.1) is 0 Å². The molecule has 3 N–H and O–H groups in total. The average molecular weight is 274 g/mol. The summed E-state index contributed by atoms with van der Waals surface area (Å²) in [5, 5.41) is 8.31. The number of nitrogen functional groups attached to an aromatic ring is 1. The van der Waals surface area contributed by atoms with Gasteiger partial charge in [-0.3, -0.25) is 0 Å². The minimum absolute atomic E-state index is 0.211. The van der Waals surface area contributed by atoms with E-state index in [9.17, 15) is 9.59 Å². The van der Waals surface area contributed by atoms with E-state index in [4.69, 9.17) is 10.8 Å². The van der Waals surface area contributed by atoms with Crippen molar-refractivity contribution in [3.05, 3.63) is 28.2 Å². The molecular weight excluding hydrogens is 266 g/mol. The molecule has 1 rings (SSSR count). The van der Waals surface area contributed by atoms with Gasteiger partial charge < -0.3 is 15.6 Å². The lowest BCUT2D eigenvalue weighted by atomic mass is 10.2. The number of carbonyl (C=O) groups excluding carboxylic acids is 1. The fourth-order valence-electron chi connectivity index (χ4n) is 0.941. The molecular formula is C9H8BrNO4. The van der Waals surface area contributed by atoms with Crippen LogP contribution in [0.25, 0.3) is 0 Å². The molecule has 0 spiro atoms. The highest BCUT2D eigenvalue weighted by molar-refractivity contribution is 9.10. The highest BCUT2D eigenvalue weighted by Gasteiger charge is 2.10. The Hall–Kier alpha value is -1.56. The molecule has 0 aliphatic carbocycles. The Morgan fingerprint density at radius 2 is 2.07 bits per heavy atom. The summed E-state index contributed by atoms with van der Waals surface area (Å²) in [6.45, 7) is -0.661. The van der Waals surface area contributed by atoms with E-state index >= 15 is 0 Å². The molecule has 0 heterocycles. The van der Waals surface area contributed by atoms with Gasteiger partial charge in [0.15, 0.2) is 6.61 Å². The van der Waals surface area contributed by atoms with E-state index in [0.717, 1.165) is 0 Å². The summed E-state index contributed by atoms with van der Waals surface area (Å²) in [7, 11) is 0. The zero-order valence-electron chi connectivity index (χ0n) is 7.57. The molecule has 0 aliphatic rings. The lowest BCUT2D eigenvalue weighted by molar-refractivity contribution is -0.140. The maximum atomic E-state index is 11.3. The minimum Gasteiger partial charge on any atom is -0.479 e. The predicted molar refractivity (Wildman–Crippen MR) is 56.5 cm³/mol. The van der Waals surface area contributed by atoms with Crippen LogP contribution in [0.15, 0.2) is 22.7 Å². The van der Waals surface area contributed by atoms with Gasteiger partial charge in [0.25, 0.3) is 0 Å². The molecule has 0 saturated heterocycles. The van der Waals surface area contributed by atoms with Crippen LogP contribution < -0.4 is 5.73 Å². The molecule has 0 amide bonds. The zero-order valence-corrected chi connectivity index (χ0v) is 9.15. The van der Waals surface area contributed by atoms with Gasteiger partial charge in [0.1, 0.15) is 0 Å². The molecule has 0 aliphatic heterocycles. The SMILES string of the molecule is Nc1cc(Br)cc(C(=O)OCC(=O)O)c1. The summed E-state index contributed by atoms with van der Waals surface area (Å²) in [5.41, 5.74) is 6.11. The van der Waals surface area contributed by atoms with Crippen molar-refractivity contribution in [1.29, 1.82) is 0 Å². The van der Waals surface area contributed by atoms with Crippen molar-refractivity contribution in [2.75, 3.05) is 12.3 Å². The number of aliphatic carboxylic acids is 1. The van der Waals surface area contributed by atoms with Crippen LogP contribution in [0.3, 0.4) is 0 Å². The van der Waals surface area contributed by atoms with Crippen molar-refractivity contribution in [2.45, 2.75) is 0 Å². The number of hydrogen-bond donors (Lipinski definition) is 2. The van der Waals surface area contributed by atoms with Crippen molar-refractivity contribution in [1.82, 2.24) is 0 Å². The van der Waals surface area contributed by atoms with E-state index in [1.165, 1.54) is 12.1 Å². The third-order valence-electron chi connectivity index (χ3n) is 1.48. The van der Waals surface area contributed by atoms with Crippen LogP contribution in [-0.2, 0) is 9.53 Å². The molecule has 0 unspecified atom stereocenters. The first-order chi connectivity index (χ1) is 6.99. The number of carbonyl (C=O) groups is 2. The Morgan fingerprint density at radius 1 is 1.40 bits per heavy atom. The Balaban J connectivity index is 2.77. The van der Waals surface area contributed by atoms with Crippen LogP contribution >= 0.6 is 15.9 Å². The second kappa shape index (κ2) is 4.79. The lowest BCUT2D eigenvalue weighted by Gasteiger charge is -2.03. The Bertz CT molecular complexity index is 385. The standard InChI is InChI=1S/C9H8BrNO4/c10-6-1-5(2-7(11)3-6)9(14)15-4-8(12)13/h1-3H,4,11H2,(H,12,13). The fraction of sp³-hybridized carbons (Fsp3) is 0.111. The quantitative estimate of drug-likeness (QED) is 0.640. The summed E-state index contributed by atoms with van der Waals surface area (Å²) in [6, 6.07) is 4.53. The monoisotopic (exact) mass is 273 g/mol. The number of nitrogens with two attached hydrogens (primary N) is 1. The first-order valence-electron chi connectivity index (χ1n) is 3.94. The summed E-state index contributed by atoms with van der Waals surface area (Å²) in [6.07, 6.45) is 0. The number of rotatable bonds is 3. The first-order valence-corrected chi connectivity index (χ1v) is 4.73. The van der Waals surface area contributed by atoms with Gasteiger partial charge in [-0.05, 0) is 18.2 Å². The second-order valence-corrected chi connectivity index (χ2v) is 3.66. The zero-order chi connectivity index (χ0) is 11.4. The van der Waals surface area contributed by atoms with Crippen molar-refractivity contribution in [2.24, 2.45) is 0 Å². The second-order valence-electron chi connectivity index (χ2n) is 2.74. The number of benzene rings is 1. The maximum absolute atomic E-state index is 11.3. The predicted octanol–water partition coefficient (Wildman–Crippen LogP) is 1.27. The average Bonchev–Trinajstić information content (AvgIpc) is 2.12. The summed E-state index contributed by atoms with van der Waals surface area (Å²) < 4.78 is 5.11. The third kappa shape index (κ3) is 3.59. The van der Waals surface area contributed by atoms with E-state index in [0.29, 0.717) is 10.2 Å². The van der Waals surface area contributed by atoms with Gasteiger partial charge in [-0.25, -0.2) is 9.59 Å². The van der Waals surface area contributed by atoms with Gasteiger partial charge in [-0.1, -0.05) is 15.9 Å². The summed E-state index contributed by atoms with van der Waals surface area (Å²) in [5.74, 6) is -1.92. The largest absolute Gasteiger partial charge is 0.479 e. The van der Waals surface area contributed by atoms with Gasteiger partial charge in [0.2, 0.25) is 0 Å². The normalized spacial score (nSPS) is 9.67. The number of hydrogen-bond acceptors (Lipinski definition) is 4. The van der Waals surface area contributed by atoms with Crippen LogP contribution in [-0.4, -0.2) is 23.7 Å². The molecule has 0 radical (unpaired) electrons. The van der Waals surface area contributed by atoms with Gasteiger partial charge in [-0.15, -0.1) is 0 Å². The fourth-order valence-corrected chi connectivity index (χ4v) is 1.45. The molecule has 0 saturated carbocycles. The van der Waals surface area contributed by atoms with Crippen LogP contribution in [0.4, 0.5) is 5.69 Å². The highest BCUT2D eigenvalue weighted by Crippen LogP contribution is 2.17. The summed E-state index contributed by atoms with van der Waals surface area (Å²) in [4.78, 5) is 21.4. The van der Waals surface area contributed by atoms with E-state index in [1.54, 1.807) is 6.07 Å². The smallest absolute Gasteiger partial charge is 0.341 e. The number of carboxylic acid groups (broad SMARTS) is 1. The van der Waals surface area contributed by atoms with Gasteiger partial charge in [0, 0.05) is 10.2 Å². The Labute approximate surface area is 94.0 Å². The van der Waals surface area contributed by atoms with Crippen molar-refractivity contribution >= 4 is 33.6 Å². The molecule has 6 heteroatoms. The van der Waals surface area contributed by atoms with Crippen molar-refractivity contribution in [3.63, 3.8) is 0 Å². The molecule has 80 valence electrons. The molecule has 1 aromatic rings. The van der Waals surface area contributed by atoms with Crippen LogP contribution in [0.5, 0.6) is 0 Å². The Kier molecular flexibility index (Phi) is 3.68. The van der Waals surface area contributed by atoms with Crippen LogP contribution in [0.2, 0.25) is 0 Å². The molecule has 0 atom stereocenters. The highest BCUT2D eigenvalue weighted by atomic mass is 79.9. The molecule has 1 aromatic carbocycles. The van der Waals surface area contributed by atoms with Gasteiger partial charge >= 0.3 is 11.9 Å². The lowest BCUT2D eigenvalue weighted by Crippen LogP contribution is -2.13. The third-order valence-corrected chi connectivity index (χ3v) is 1.94.